The minimum atomic E-state index is -3.60. The van der Waals surface area contributed by atoms with Crippen LogP contribution in [0, 0.1) is 0 Å². The number of nitrogens with one attached hydrogen (secondary N) is 2. The number of nitrogens with zero attached hydrogens (tertiary/aromatic N) is 3. The average Bonchev–Trinajstić information content (AvgIpc) is 2.86. The number of hydrogen-bond donors (Lipinski definition) is 2. The zero-order valence-corrected chi connectivity index (χ0v) is 19.8. The molecule has 1 saturated heterocycles. The highest BCUT2D eigenvalue weighted by Crippen LogP contribution is 2.28. The maximum absolute atomic E-state index is 12.9. The topological polar surface area (TPSA) is 114 Å². The fourth-order valence-corrected chi connectivity index (χ4v) is 5.41. The first kappa shape index (κ1) is 23.9. The first-order chi connectivity index (χ1) is 16.4. The molecular weight excluding hydrogens is 474 g/mol. The van der Waals surface area contributed by atoms with Gasteiger partial charge in [0.2, 0.25) is 21.9 Å². The summed E-state index contributed by atoms with van der Waals surface area (Å²) in [7, 11) is -3.60. The predicted octanol–water partition coefficient (Wildman–Crippen LogP) is 3.52. The Morgan fingerprint density at radius 1 is 1.09 bits per heavy atom. The molecule has 34 heavy (non-hydrogen) atoms. The van der Waals surface area contributed by atoms with Gasteiger partial charge in [0.25, 0.3) is 0 Å². The number of amides is 1. The first-order valence-corrected chi connectivity index (χ1v) is 12.7. The number of rotatable bonds is 8. The van der Waals surface area contributed by atoms with Crippen LogP contribution in [0.4, 0.5) is 17.3 Å². The van der Waals surface area contributed by atoms with Crippen LogP contribution in [0.25, 0.3) is 0 Å². The second-order valence-corrected chi connectivity index (χ2v) is 10.2. The molecule has 0 bridgehead atoms. The SMILES string of the molecule is C=CC(=O)Nc1ccc(Sc2ccnc(Nc3cccc(S(=O)(=O)N4CCOCC4)c3)n2)cc1. The van der Waals surface area contributed by atoms with E-state index in [0.29, 0.717) is 48.7 Å². The molecule has 0 spiro atoms. The summed E-state index contributed by atoms with van der Waals surface area (Å²) < 4.78 is 32.5. The number of morpholine rings is 1. The highest BCUT2D eigenvalue weighted by Gasteiger charge is 2.26. The van der Waals surface area contributed by atoms with E-state index in [1.807, 2.05) is 12.1 Å². The number of benzene rings is 2. The summed E-state index contributed by atoms with van der Waals surface area (Å²) >= 11 is 1.43. The molecule has 0 saturated carbocycles. The van der Waals surface area contributed by atoms with Gasteiger partial charge in [0.15, 0.2) is 0 Å². The van der Waals surface area contributed by atoms with Gasteiger partial charge in [-0.1, -0.05) is 24.4 Å². The van der Waals surface area contributed by atoms with Crippen molar-refractivity contribution in [2.75, 3.05) is 36.9 Å². The molecule has 2 heterocycles. The van der Waals surface area contributed by atoms with Gasteiger partial charge in [0.1, 0.15) is 5.03 Å². The van der Waals surface area contributed by atoms with Gasteiger partial charge in [-0.25, -0.2) is 18.4 Å². The number of carbonyl (C=O) groups excluding carboxylic acids is 1. The van der Waals surface area contributed by atoms with Crippen LogP contribution in [-0.4, -0.2) is 54.9 Å². The maximum Gasteiger partial charge on any atom is 0.247 e. The fraction of sp³-hybridized carbons (Fsp3) is 0.174. The van der Waals surface area contributed by atoms with Crippen LogP contribution in [0.2, 0.25) is 0 Å². The Labute approximate surface area is 202 Å². The predicted molar refractivity (Wildman–Crippen MR) is 131 cm³/mol. The lowest BCUT2D eigenvalue weighted by atomic mass is 10.3. The molecule has 11 heteroatoms. The molecule has 9 nitrogen and oxygen atoms in total. The third-order valence-corrected chi connectivity index (χ3v) is 7.70. The summed E-state index contributed by atoms with van der Waals surface area (Å²) in [6, 6.07) is 15.7. The van der Waals surface area contributed by atoms with Crippen LogP contribution < -0.4 is 10.6 Å². The molecule has 0 aliphatic carbocycles. The fourth-order valence-electron chi connectivity index (χ4n) is 3.18. The average molecular weight is 498 g/mol. The Kier molecular flexibility index (Phi) is 7.58. The number of carbonyl (C=O) groups is 1. The Bertz CT molecular complexity index is 1280. The van der Waals surface area contributed by atoms with Crippen LogP contribution in [0.1, 0.15) is 0 Å². The minimum Gasteiger partial charge on any atom is -0.379 e. The number of anilines is 3. The summed E-state index contributed by atoms with van der Waals surface area (Å²) in [5, 5.41) is 6.49. The molecule has 0 unspecified atom stereocenters. The lowest BCUT2D eigenvalue weighted by molar-refractivity contribution is -0.111. The zero-order valence-electron chi connectivity index (χ0n) is 18.2. The standard InChI is InChI=1S/C23H23N5O4S2/c1-2-21(29)25-17-6-8-19(9-7-17)33-22-10-11-24-23(27-22)26-18-4-3-5-20(16-18)34(30,31)28-12-14-32-15-13-28/h2-11,16H,1,12-15H2,(H,25,29)(H,24,26,27). The van der Waals surface area contributed by atoms with Crippen LogP contribution in [0.3, 0.4) is 0 Å². The third-order valence-electron chi connectivity index (χ3n) is 4.86. The summed E-state index contributed by atoms with van der Waals surface area (Å²) in [6.45, 7) is 4.89. The Hall–Kier alpha value is -3.25. The normalized spacial score (nSPS) is 14.4. The largest absolute Gasteiger partial charge is 0.379 e. The Morgan fingerprint density at radius 2 is 1.85 bits per heavy atom. The van der Waals surface area contributed by atoms with Gasteiger partial charge >= 0.3 is 0 Å². The summed E-state index contributed by atoms with van der Waals surface area (Å²) in [4.78, 5) is 21.3. The number of sulfonamides is 1. The van der Waals surface area contributed by atoms with E-state index in [0.717, 1.165) is 4.90 Å². The van der Waals surface area contributed by atoms with Gasteiger partial charge in [-0.05, 0) is 54.6 Å². The lowest BCUT2D eigenvalue weighted by Crippen LogP contribution is -2.40. The molecule has 1 amide bonds. The van der Waals surface area contributed by atoms with E-state index in [1.54, 1.807) is 48.7 Å². The van der Waals surface area contributed by atoms with E-state index in [-0.39, 0.29) is 10.8 Å². The highest BCUT2D eigenvalue weighted by atomic mass is 32.2. The monoisotopic (exact) mass is 497 g/mol. The van der Waals surface area contributed by atoms with Crippen LogP contribution in [0.15, 0.2) is 88.3 Å². The molecule has 1 aromatic heterocycles. The van der Waals surface area contributed by atoms with Crippen molar-refractivity contribution in [3.05, 3.63) is 73.4 Å². The van der Waals surface area contributed by atoms with Crippen molar-refractivity contribution in [3.63, 3.8) is 0 Å². The summed E-state index contributed by atoms with van der Waals surface area (Å²) in [5.74, 6) is 0.0783. The molecule has 0 radical (unpaired) electrons. The van der Waals surface area contributed by atoms with Crippen molar-refractivity contribution >= 4 is 45.0 Å². The molecule has 3 aromatic rings. The van der Waals surface area contributed by atoms with E-state index in [9.17, 15) is 13.2 Å². The molecule has 1 aliphatic rings. The molecule has 4 rings (SSSR count). The molecule has 2 N–H and O–H groups in total. The zero-order chi connectivity index (χ0) is 24.0. The quantitative estimate of drug-likeness (QED) is 0.359. The minimum absolute atomic E-state index is 0.202. The smallest absolute Gasteiger partial charge is 0.247 e. The first-order valence-electron chi connectivity index (χ1n) is 10.4. The third kappa shape index (κ3) is 6.00. The second kappa shape index (κ2) is 10.8. The van der Waals surface area contributed by atoms with Gasteiger partial charge in [-0.15, -0.1) is 0 Å². The van der Waals surface area contributed by atoms with Gasteiger partial charge < -0.3 is 15.4 Å². The van der Waals surface area contributed by atoms with E-state index in [2.05, 4.69) is 27.2 Å². The number of hydrogen-bond acceptors (Lipinski definition) is 8. The van der Waals surface area contributed by atoms with Crippen molar-refractivity contribution in [1.29, 1.82) is 0 Å². The molecule has 176 valence electrons. The van der Waals surface area contributed by atoms with Crippen molar-refractivity contribution in [2.24, 2.45) is 0 Å². The molecule has 2 aromatic carbocycles. The molecule has 1 aliphatic heterocycles. The number of aromatic nitrogens is 2. The molecule has 0 atom stereocenters. The van der Waals surface area contributed by atoms with Crippen molar-refractivity contribution in [2.45, 2.75) is 14.8 Å². The van der Waals surface area contributed by atoms with E-state index in [1.165, 1.54) is 22.1 Å². The summed E-state index contributed by atoms with van der Waals surface area (Å²) in [6.07, 6.45) is 2.84. The van der Waals surface area contributed by atoms with E-state index < -0.39 is 10.0 Å². The van der Waals surface area contributed by atoms with Crippen LogP contribution >= 0.6 is 11.8 Å². The summed E-state index contributed by atoms with van der Waals surface area (Å²) in [5.41, 5.74) is 1.24. The second-order valence-electron chi connectivity index (χ2n) is 7.21. The van der Waals surface area contributed by atoms with Crippen molar-refractivity contribution in [1.82, 2.24) is 14.3 Å². The molecule has 1 fully saturated rings. The van der Waals surface area contributed by atoms with Gasteiger partial charge in [-0.2, -0.15) is 4.31 Å². The number of ether oxygens (including phenoxy) is 1. The van der Waals surface area contributed by atoms with Crippen LogP contribution in [0.5, 0.6) is 0 Å². The highest BCUT2D eigenvalue weighted by molar-refractivity contribution is 7.99. The van der Waals surface area contributed by atoms with Crippen molar-refractivity contribution in [3.8, 4) is 0 Å². The van der Waals surface area contributed by atoms with E-state index >= 15 is 0 Å². The van der Waals surface area contributed by atoms with Gasteiger partial charge in [0.05, 0.1) is 18.1 Å². The molecular formula is C23H23N5O4S2. The Morgan fingerprint density at radius 3 is 2.59 bits per heavy atom. The Balaban J connectivity index is 1.45. The van der Waals surface area contributed by atoms with Crippen molar-refractivity contribution < 1.29 is 17.9 Å². The maximum atomic E-state index is 12.9. The lowest BCUT2D eigenvalue weighted by Gasteiger charge is -2.26. The van der Waals surface area contributed by atoms with E-state index in [4.69, 9.17) is 4.74 Å². The van der Waals surface area contributed by atoms with Gasteiger partial charge in [-0.3, -0.25) is 4.79 Å². The van der Waals surface area contributed by atoms with Gasteiger partial charge in [0, 0.05) is 35.6 Å². The van der Waals surface area contributed by atoms with Crippen LogP contribution in [-0.2, 0) is 19.6 Å².